The lowest BCUT2D eigenvalue weighted by molar-refractivity contribution is -0.139. The molecule has 142 valence electrons. The number of piperidine rings is 1. The van der Waals surface area contributed by atoms with E-state index in [2.05, 4.69) is 6.07 Å². The van der Waals surface area contributed by atoms with E-state index >= 15 is 0 Å². The first-order chi connectivity index (χ1) is 12.3. The molecule has 1 aromatic rings. The van der Waals surface area contributed by atoms with Crippen molar-refractivity contribution < 1.29 is 13.2 Å². The SMILES string of the molecule is CCS(=O)(=O)N1CCC(C(=O)N(Cc2ccc(C#N)cc2)C(C)C)CC1. The van der Waals surface area contributed by atoms with Crippen LogP contribution in [0.2, 0.25) is 0 Å². The molecule has 1 aromatic carbocycles. The molecule has 0 saturated carbocycles. The van der Waals surface area contributed by atoms with E-state index in [0.717, 1.165) is 5.56 Å². The van der Waals surface area contributed by atoms with Crippen molar-refractivity contribution >= 4 is 15.9 Å². The lowest BCUT2D eigenvalue weighted by atomic mass is 9.95. The highest BCUT2D eigenvalue weighted by atomic mass is 32.2. The summed E-state index contributed by atoms with van der Waals surface area (Å²) >= 11 is 0. The predicted octanol–water partition coefficient (Wildman–Crippen LogP) is 2.36. The Hall–Kier alpha value is -1.91. The summed E-state index contributed by atoms with van der Waals surface area (Å²) in [7, 11) is -3.18. The van der Waals surface area contributed by atoms with Crippen molar-refractivity contribution in [3.8, 4) is 6.07 Å². The molecule has 0 bridgehead atoms. The standard InChI is InChI=1S/C19H27N3O3S/c1-4-26(24,25)21-11-9-18(10-12-21)19(23)22(15(2)3)14-17-7-5-16(13-20)6-8-17/h5-8,15,18H,4,9-12,14H2,1-3H3. The van der Waals surface area contributed by atoms with Crippen molar-refractivity contribution in [2.24, 2.45) is 5.92 Å². The summed E-state index contributed by atoms with van der Waals surface area (Å²) in [5, 5.41) is 8.89. The van der Waals surface area contributed by atoms with Crippen molar-refractivity contribution in [3.05, 3.63) is 35.4 Å². The zero-order chi connectivity index (χ0) is 19.3. The van der Waals surface area contributed by atoms with Crippen LogP contribution in [0.15, 0.2) is 24.3 Å². The number of hydrogen-bond donors (Lipinski definition) is 0. The lowest BCUT2D eigenvalue weighted by Gasteiger charge is -2.35. The maximum absolute atomic E-state index is 13.0. The molecule has 1 fully saturated rings. The molecule has 6 nitrogen and oxygen atoms in total. The van der Waals surface area contributed by atoms with Crippen LogP contribution in [-0.4, -0.2) is 48.4 Å². The smallest absolute Gasteiger partial charge is 0.226 e. The van der Waals surface area contributed by atoms with E-state index in [0.29, 0.717) is 38.0 Å². The summed E-state index contributed by atoms with van der Waals surface area (Å²) < 4.78 is 25.4. The molecule has 26 heavy (non-hydrogen) atoms. The molecule has 0 aromatic heterocycles. The maximum Gasteiger partial charge on any atom is 0.226 e. The number of sulfonamides is 1. The summed E-state index contributed by atoms with van der Waals surface area (Å²) in [5.74, 6) is 0.0413. The van der Waals surface area contributed by atoms with Gasteiger partial charge >= 0.3 is 0 Å². The van der Waals surface area contributed by atoms with Crippen LogP contribution >= 0.6 is 0 Å². The first-order valence-corrected chi connectivity index (χ1v) is 10.7. The van der Waals surface area contributed by atoms with Crippen molar-refractivity contribution in [2.45, 2.75) is 46.2 Å². The Bertz CT molecular complexity index is 758. The van der Waals surface area contributed by atoms with Crippen LogP contribution in [-0.2, 0) is 21.4 Å². The number of hydrogen-bond acceptors (Lipinski definition) is 4. The van der Waals surface area contributed by atoms with Gasteiger partial charge in [-0.15, -0.1) is 0 Å². The summed E-state index contributed by atoms with van der Waals surface area (Å²) in [4.78, 5) is 14.8. The molecule has 1 heterocycles. The molecule has 1 saturated heterocycles. The van der Waals surface area contributed by atoms with Crippen molar-refractivity contribution in [1.29, 1.82) is 5.26 Å². The normalized spacial score (nSPS) is 16.4. The Morgan fingerprint density at radius 1 is 1.27 bits per heavy atom. The number of amides is 1. The van der Waals surface area contributed by atoms with E-state index in [9.17, 15) is 13.2 Å². The van der Waals surface area contributed by atoms with Crippen molar-refractivity contribution in [2.75, 3.05) is 18.8 Å². The van der Waals surface area contributed by atoms with Gasteiger partial charge in [-0.2, -0.15) is 5.26 Å². The van der Waals surface area contributed by atoms with Crippen molar-refractivity contribution in [1.82, 2.24) is 9.21 Å². The molecule has 0 radical (unpaired) electrons. The largest absolute Gasteiger partial charge is 0.336 e. The zero-order valence-electron chi connectivity index (χ0n) is 15.7. The van der Waals surface area contributed by atoms with E-state index in [1.165, 1.54) is 4.31 Å². The molecule has 1 aliphatic heterocycles. The van der Waals surface area contributed by atoms with Crippen LogP contribution in [0, 0.1) is 17.2 Å². The molecular formula is C19H27N3O3S. The Labute approximate surface area is 156 Å². The monoisotopic (exact) mass is 377 g/mol. The van der Waals surface area contributed by atoms with Crippen LogP contribution in [0.5, 0.6) is 0 Å². The van der Waals surface area contributed by atoms with E-state index in [-0.39, 0.29) is 23.6 Å². The number of benzene rings is 1. The van der Waals surface area contributed by atoms with Gasteiger partial charge in [0.25, 0.3) is 0 Å². The van der Waals surface area contributed by atoms with E-state index in [1.807, 2.05) is 30.9 Å². The number of rotatable bonds is 6. The Morgan fingerprint density at radius 3 is 2.31 bits per heavy atom. The van der Waals surface area contributed by atoms with Gasteiger partial charge in [-0.05, 0) is 51.3 Å². The fraction of sp³-hybridized carbons (Fsp3) is 0.579. The molecule has 0 atom stereocenters. The minimum absolute atomic E-state index is 0.0514. The minimum atomic E-state index is -3.18. The zero-order valence-corrected chi connectivity index (χ0v) is 16.5. The van der Waals surface area contributed by atoms with Gasteiger partial charge in [-0.3, -0.25) is 4.79 Å². The van der Waals surface area contributed by atoms with Gasteiger partial charge in [-0.25, -0.2) is 12.7 Å². The molecule has 1 amide bonds. The fourth-order valence-corrected chi connectivity index (χ4v) is 4.33. The van der Waals surface area contributed by atoms with Gasteiger partial charge in [0, 0.05) is 31.6 Å². The minimum Gasteiger partial charge on any atom is -0.336 e. The van der Waals surface area contributed by atoms with Crippen molar-refractivity contribution in [3.63, 3.8) is 0 Å². The van der Waals surface area contributed by atoms with Gasteiger partial charge < -0.3 is 4.90 Å². The molecule has 7 heteroatoms. The number of carbonyl (C=O) groups excluding carboxylic acids is 1. The molecule has 2 rings (SSSR count). The first-order valence-electron chi connectivity index (χ1n) is 9.05. The maximum atomic E-state index is 13.0. The van der Waals surface area contributed by atoms with Crippen LogP contribution < -0.4 is 0 Å². The second-order valence-corrected chi connectivity index (χ2v) is 9.20. The fourth-order valence-electron chi connectivity index (χ4n) is 3.19. The number of nitriles is 1. The van der Waals surface area contributed by atoms with E-state index < -0.39 is 10.0 Å². The topological polar surface area (TPSA) is 81.5 Å². The summed E-state index contributed by atoms with van der Waals surface area (Å²) in [6, 6.07) is 9.40. The van der Waals surface area contributed by atoms with Crippen LogP contribution in [0.3, 0.4) is 0 Å². The van der Waals surface area contributed by atoms with Gasteiger partial charge in [-0.1, -0.05) is 12.1 Å². The second-order valence-electron chi connectivity index (χ2n) is 6.94. The third kappa shape index (κ3) is 4.83. The van der Waals surface area contributed by atoms with Crippen LogP contribution in [0.4, 0.5) is 0 Å². The summed E-state index contributed by atoms with van der Waals surface area (Å²) in [6.45, 7) is 6.93. The quantitative estimate of drug-likeness (QED) is 0.762. The lowest BCUT2D eigenvalue weighted by Crippen LogP contribution is -2.46. The third-order valence-electron chi connectivity index (χ3n) is 4.90. The highest BCUT2D eigenvalue weighted by molar-refractivity contribution is 7.89. The molecule has 0 aliphatic carbocycles. The van der Waals surface area contributed by atoms with Gasteiger partial charge in [0.1, 0.15) is 0 Å². The van der Waals surface area contributed by atoms with Crippen LogP contribution in [0.1, 0.15) is 44.7 Å². The number of nitrogens with zero attached hydrogens (tertiary/aromatic N) is 3. The molecule has 1 aliphatic rings. The van der Waals surface area contributed by atoms with Gasteiger partial charge in [0.2, 0.25) is 15.9 Å². The summed E-state index contributed by atoms with van der Waals surface area (Å²) in [6.07, 6.45) is 1.13. The average Bonchev–Trinajstić information content (AvgIpc) is 2.66. The molecule has 0 N–H and O–H groups in total. The van der Waals surface area contributed by atoms with Gasteiger partial charge in [0.05, 0.1) is 17.4 Å². The second kappa shape index (κ2) is 8.65. The molecule has 0 spiro atoms. The summed E-state index contributed by atoms with van der Waals surface area (Å²) in [5.41, 5.74) is 1.58. The van der Waals surface area contributed by atoms with Crippen LogP contribution in [0.25, 0.3) is 0 Å². The molecular weight excluding hydrogens is 350 g/mol. The third-order valence-corrected chi connectivity index (χ3v) is 6.79. The van der Waals surface area contributed by atoms with Gasteiger partial charge in [0.15, 0.2) is 0 Å². The highest BCUT2D eigenvalue weighted by Crippen LogP contribution is 2.24. The predicted molar refractivity (Wildman–Crippen MR) is 101 cm³/mol. The van der Waals surface area contributed by atoms with E-state index in [1.54, 1.807) is 19.1 Å². The molecule has 0 unspecified atom stereocenters. The highest BCUT2D eigenvalue weighted by Gasteiger charge is 2.33. The Kier molecular flexibility index (Phi) is 6.79. The van der Waals surface area contributed by atoms with E-state index in [4.69, 9.17) is 5.26 Å². The number of carbonyl (C=O) groups is 1. The Balaban J connectivity index is 2.04. The average molecular weight is 378 g/mol. The first kappa shape index (κ1) is 20.4. The Morgan fingerprint density at radius 2 is 1.85 bits per heavy atom.